The Labute approximate surface area is 372 Å². The zero-order valence-electron chi connectivity index (χ0n) is 34.0. The number of fused-ring (bicyclic) bond motifs is 14. The summed E-state index contributed by atoms with van der Waals surface area (Å²) in [6.45, 7) is 0. The minimum atomic E-state index is -0.550. The lowest BCUT2D eigenvalue weighted by Gasteiger charge is -2.46. The molecule has 0 fully saturated rings. The first-order valence-electron chi connectivity index (χ1n) is 21.6. The Morgan fingerprint density at radius 3 is 1.94 bits per heavy atom. The van der Waals surface area contributed by atoms with E-state index in [1.807, 2.05) is 23.1 Å². The lowest BCUT2D eigenvalue weighted by atomic mass is 9.59. The monoisotopic (exact) mass is 836 g/mol. The number of benzene rings is 10. The lowest BCUT2D eigenvalue weighted by molar-refractivity contribution is 0.707. The highest BCUT2D eigenvalue weighted by atomic mass is 32.2. The van der Waals surface area contributed by atoms with Gasteiger partial charge in [0.05, 0.1) is 16.4 Å². The van der Waals surface area contributed by atoms with Crippen molar-refractivity contribution in [3.05, 3.63) is 241 Å². The van der Waals surface area contributed by atoms with Crippen molar-refractivity contribution in [2.75, 3.05) is 4.90 Å². The highest BCUT2D eigenvalue weighted by Crippen LogP contribution is 2.62. The predicted molar refractivity (Wildman–Crippen MR) is 267 cm³/mol. The van der Waals surface area contributed by atoms with E-state index in [0.717, 1.165) is 22.7 Å². The number of aromatic nitrogens is 1. The average molecular weight is 837 g/mol. The molecule has 0 N–H and O–H groups in total. The van der Waals surface area contributed by atoms with Crippen LogP contribution in [-0.4, -0.2) is 4.57 Å². The maximum Gasteiger partial charge on any atom is 0.0736 e. The van der Waals surface area contributed by atoms with E-state index >= 15 is 0 Å². The summed E-state index contributed by atoms with van der Waals surface area (Å²) < 4.78 is 4.99. The predicted octanol–water partition coefficient (Wildman–Crippen LogP) is 16.6. The topological polar surface area (TPSA) is 8.17 Å². The molecule has 294 valence electrons. The number of nitrogens with zero attached hydrogens (tertiary/aromatic N) is 2. The summed E-state index contributed by atoms with van der Waals surface area (Å²) in [5.74, 6) is 0. The summed E-state index contributed by atoms with van der Waals surface area (Å²) in [4.78, 5) is 5.08. The Kier molecular flexibility index (Phi) is 7.45. The molecular weight excluding hydrogens is 801 g/mol. The summed E-state index contributed by atoms with van der Waals surface area (Å²) in [6, 6.07) is 81.8. The minimum absolute atomic E-state index is 0.550. The van der Waals surface area contributed by atoms with Crippen molar-refractivity contribution in [2.24, 2.45) is 0 Å². The standard InChI is InChI=1S/C59H36N2S2/c1-2-16-38(17-3-1)61-52-25-9-5-19-43(52)47-34-39(29-32-53(47)61)60(41-28-31-45-44-20-6-10-26-54(44)62-57(45)36-41)40-30-33-56-51(35-40)59(49-23-8-11-27-55(49)63-56)48-22-7-4-18-42(48)46-21-12-14-37-15-13-24-50(59)58(37)46/h1-36H. The van der Waals surface area contributed by atoms with Crippen LogP contribution >= 0.6 is 23.1 Å². The maximum absolute atomic E-state index is 2.52. The van der Waals surface area contributed by atoms with Gasteiger partial charge in [0.15, 0.2) is 0 Å². The van der Waals surface area contributed by atoms with Crippen molar-refractivity contribution in [3.8, 4) is 16.8 Å². The van der Waals surface area contributed by atoms with Crippen molar-refractivity contribution in [1.82, 2.24) is 4.57 Å². The van der Waals surface area contributed by atoms with Crippen molar-refractivity contribution in [3.63, 3.8) is 0 Å². The number of para-hydroxylation sites is 2. The van der Waals surface area contributed by atoms with E-state index in [9.17, 15) is 0 Å². The summed E-state index contributed by atoms with van der Waals surface area (Å²) >= 11 is 3.77. The van der Waals surface area contributed by atoms with Gasteiger partial charge in [-0.15, -0.1) is 11.3 Å². The first-order valence-corrected chi connectivity index (χ1v) is 23.2. The average Bonchev–Trinajstić information content (AvgIpc) is 3.88. The molecule has 0 amide bonds. The molecule has 1 aliphatic carbocycles. The van der Waals surface area contributed by atoms with Crippen LogP contribution in [0.1, 0.15) is 22.3 Å². The second kappa shape index (κ2) is 13.3. The summed E-state index contributed by atoms with van der Waals surface area (Å²) in [7, 11) is 0. The Morgan fingerprint density at radius 2 is 1.02 bits per heavy atom. The number of anilines is 3. The van der Waals surface area contributed by atoms with Gasteiger partial charge in [0, 0.05) is 63.5 Å². The highest BCUT2D eigenvalue weighted by molar-refractivity contribution is 7.99. The Balaban J connectivity index is 1.07. The third-order valence-corrected chi connectivity index (χ3v) is 15.9. The van der Waals surface area contributed by atoms with Gasteiger partial charge >= 0.3 is 0 Å². The van der Waals surface area contributed by atoms with Crippen molar-refractivity contribution in [2.45, 2.75) is 15.2 Å². The van der Waals surface area contributed by atoms with E-state index in [4.69, 9.17) is 0 Å². The first kappa shape index (κ1) is 35.2. The third-order valence-electron chi connectivity index (χ3n) is 13.6. The molecule has 12 aromatic rings. The van der Waals surface area contributed by atoms with Crippen LogP contribution in [0.5, 0.6) is 0 Å². The maximum atomic E-state index is 2.52. The molecule has 1 unspecified atom stereocenters. The molecule has 2 nitrogen and oxygen atoms in total. The Bertz CT molecular complexity index is 3850. The molecule has 2 aromatic heterocycles. The summed E-state index contributed by atoms with van der Waals surface area (Å²) in [6.07, 6.45) is 0. The van der Waals surface area contributed by atoms with E-state index in [-0.39, 0.29) is 0 Å². The molecule has 14 rings (SSSR count). The third kappa shape index (κ3) is 4.91. The van der Waals surface area contributed by atoms with Gasteiger partial charge in [-0.3, -0.25) is 0 Å². The van der Waals surface area contributed by atoms with Crippen LogP contribution in [0, 0.1) is 0 Å². The van der Waals surface area contributed by atoms with E-state index in [1.165, 1.54) is 95.9 Å². The molecule has 4 heteroatoms. The largest absolute Gasteiger partial charge is 0.310 e. The normalized spacial score (nSPS) is 15.0. The Morgan fingerprint density at radius 1 is 0.381 bits per heavy atom. The van der Waals surface area contributed by atoms with Gasteiger partial charge in [0.1, 0.15) is 0 Å². The van der Waals surface area contributed by atoms with Crippen LogP contribution in [-0.2, 0) is 5.41 Å². The van der Waals surface area contributed by atoms with Gasteiger partial charge in [0.2, 0.25) is 0 Å². The molecule has 3 heterocycles. The van der Waals surface area contributed by atoms with E-state index in [1.54, 1.807) is 0 Å². The molecule has 1 aliphatic heterocycles. The molecule has 0 radical (unpaired) electrons. The highest BCUT2D eigenvalue weighted by Gasteiger charge is 2.48. The van der Waals surface area contributed by atoms with Gasteiger partial charge < -0.3 is 9.47 Å². The van der Waals surface area contributed by atoms with Crippen molar-refractivity contribution >= 4 is 92.9 Å². The fourth-order valence-electron chi connectivity index (χ4n) is 11.1. The summed E-state index contributed by atoms with van der Waals surface area (Å²) in [5, 5.41) is 7.67. The number of rotatable bonds is 4. The molecule has 10 aromatic carbocycles. The molecule has 0 saturated heterocycles. The van der Waals surface area contributed by atoms with Crippen molar-refractivity contribution < 1.29 is 0 Å². The van der Waals surface area contributed by atoms with Crippen LogP contribution in [0.15, 0.2) is 228 Å². The quantitative estimate of drug-likeness (QED) is 0.174. The van der Waals surface area contributed by atoms with Crippen LogP contribution in [0.3, 0.4) is 0 Å². The van der Waals surface area contributed by atoms with Gasteiger partial charge in [-0.1, -0.05) is 151 Å². The Hall–Kier alpha value is -7.37. The second-order valence-electron chi connectivity index (χ2n) is 16.8. The van der Waals surface area contributed by atoms with Gasteiger partial charge in [0.25, 0.3) is 0 Å². The van der Waals surface area contributed by atoms with Crippen molar-refractivity contribution in [1.29, 1.82) is 0 Å². The summed E-state index contributed by atoms with van der Waals surface area (Å²) in [5.41, 5.74) is 14.3. The fourth-order valence-corrected chi connectivity index (χ4v) is 13.4. The number of thiophene rings is 1. The lowest BCUT2D eigenvalue weighted by Crippen LogP contribution is -2.36. The fraction of sp³-hybridized carbons (Fsp3) is 0.0169. The van der Waals surface area contributed by atoms with Gasteiger partial charge in [-0.25, -0.2) is 0 Å². The van der Waals surface area contributed by atoms with E-state index < -0.39 is 5.41 Å². The van der Waals surface area contributed by atoms with E-state index in [2.05, 4.69) is 228 Å². The SMILES string of the molecule is c1ccc(-n2c3ccccc3c3cc(N(c4ccc5c(c4)C4(c6ccccc6S5)c5ccccc5-c5cccc6cccc4c56)c4ccc5c(c4)sc4ccccc45)ccc32)cc1. The molecule has 0 saturated carbocycles. The van der Waals surface area contributed by atoms with Gasteiger partial charge in [-0.2, -0.15) is 0 Å². The smallest absolute Gasteiger partial charge is 0.0736 e. The van der Waals surface area contributed by atoms with Crippen LogP contribution < -0.4 is 4.90 Å². The zero-order valence-corrected chi connectivity index (χ0v) is 35.6. The molecule has 0 bridgehead atoms. The molecular formula is C59H36N2S2. The molecule has 2 aliphatic rings. The number of hydrogen-bond donors (Lipinski definition) is 0. The second-order valence-corrected chi connectivity index (χ2v) is 19.0. The van der Waals surface area contributed by atoms with Crippen LogP contribution in [0.2, 0.25) is 0 Å². The first-order chi connectivity index (χ1) is 31.2. The van der Waals surface area contributed by atoms with E-state index in [0.29, 0.717) is 0 Å². The number of hydrogen-bond acceptors (Lipinski definition) is 3. The van der Waals surface area contributed by atoms with Crippen LogP contribution in [0.4, 0.5) is 17.1 Å². The molecule has 1 atom stereocenters. The molecule has 1 spiro atoms. The zero-order chi connectivity index (χ0) is 41.2. The van der Waals surface area contributed by atoms with Gasteiger partial charge in [-0.05, 0) is 123 Å². The minimum Gasteiger partial charge on any atom is -0.310 e. The molecule has 63 heavy (non-hydrogen) atoms. The van der Waals surface area contributed by atoms with Crippen LogP contribution in [0.25, 0.3) is 69.6 Å².